The lowest BCUT2D eigenvalue weighted by molar-refractivity contribution is -0.151. The molecule has 0 saturated heterocycles. The number of hydrogen-bond donors (Lipinski definition) is 7. The molecule has 0 saturated carbocycles. The smallest absolute Gasteiger partial charge is 0.328 e. The van der Waals surface area contributed by atoms with Gasteiger partial charge in [0.2, 0.25) is 53.2 Å². The van der Waals surface area contributed by atoms with Crippen molar-refractivity contribution in [2.45, 2.75) is 167 Å². The summed E-state index contributed by atoms with van der Waals surface area (Å²) in [5.41, 5.74) is 11.1. The number of nitrogens with one attached hydrogen (secondary N) is 6. The second-order valence-corrected chi connectivity index (χ2v) is 31.0. The highest BCUT2D eigenvalue weighted by molar-refractivity contribution is 5.91. The third-order valence-electron chi connectivity index (χ3n) is 20.7. The fourth-order valence-electron chi connectivity index (χ4n) is 13.0. The molecule has 0 aliphatic heterocycles. The normalized spacial score (nSPS) is 11.6. The number of amides is 9. The predicted molar refractivity (Wildman–Crippen MR) is 487 cm³/mol. The summed E-state index contributed by atoms with van der Waals surface area (Å²) < 4.78 is 44.0. The van der Waals surface area contributed by atoms with Gasteiger partial charge in [-0.2, -0.15) is 0 Å². The van der Waals surface area contributed by atoms with Crippen LogP contribution in [-0.2, 0) is 172 Å². The average molecular weight is 1860 g/mol. The first-order chi connectivity index (χ1) is 65.4. The van der Waals surface area contributed by atoms with E-state index in [2.05, 4.69) is 31.9 Å². The van der Waals surface area contributed by atoms with E-state index in [1.807, 2.05) is 0 Å². The van der Waals surface area contributed by atoms with E-state index in [4.69, 9.17) is 43.6 Å². The molecule has 714 valence electrons. The number of hydrogen-bond acceptors (Lipinski definition) is 26. The molecule has 0 unspecified atom stereocenters. The van der Waals surface area contributed by atoms with Crippen LogP contribution < -0.4 is 37.6 Å². The number of rotatable bonds is 59. The molecule has 135 heavy (non-hydrogen) atoms. The largest absolute Gasteiger partial charge is 0.461 e. The molecule has 0 aliphatic carbocycles. The number of nitrogens with two attached hydrogens (primary N) is 1. The molecule has 0 spiro atoms. The van der Waals surface area contributed by atoms with E-state index < -0.39 is 223 Å². The first-order valence-corrected chi connectivity index (χ1v) is 44.2. The molecular weight excluding hydrogens is 1740 g/mol. The van der Waals surface area contributed by atoms with Gasteiger partial charge < -0.3 is 90.2 Å². The van der Waals surface area contributed by atoms with Crippen LogP contribution in [0.1, 0.15) is 134 Å². The van der Waals surface area contributed by atoms with Gasteiger partial charge in [-0.05, 0) is 70.2 Å². The van der Waals surface area contributed by atoms with Crippen LogP contribution in [0.3, 0.4) is 0 Å². The van der Waals surface area contributed by atoms with Gasteiger partial charge in [0.05, 0.1) is 19.6 Å². The zero-order valence-corrected chi connectivity index (χ0v) is 74.9. The summed E-state index contributed by atoms with van der Waals surface area (Å²) in [6, 6.07) is 64.2. The summed E-state index contributed by atoms with van der Waals surface area (Å²) in [6.45, 7) is -5.83. The number of ether oxygens (including phenoxy) is 8. The van der Waals surface area contributed by atoms with E-state index in [0.29, 0.717) is 44.5 Å². The van der Waals surface area contributed by atoms with Gasteiger partial charge in [0.25, 0.3) is 0 Å². The number of carbonyl (C=O) groups excluding carboxylic acids is 17. The molecule has 9 amide bonds. The Labute approximate surface area is 781 Å². The Morgan fingerprint density at radius 2 is 0.393 bits per heavy atom. The molecule has 35 heteroatoms. The summed E-state index contributed by atoms with van der Waals surface area (Å²) in [7, 11) is 0. The van der Waals surface area contributed by atoms with Gasteiger partial charge in [-0.25, -0.2) is 19.2 Å². The van der Waals surface area contributed by atoms with Crippen molar-refractivity contribution in [3.05, 3.63) is 287 Å². The van der Waals surface area contributed by atoms with Gasteiger partial charge in [-0.3, -0.25) is 62.3 Å². The Hall–Kier alpha value is -15.3. The van der Waals surface area contributed by atoms with Crippen LogP contribution in [0.2, 0.25) is 0 Å². The van der Waals surface area contributed by atoms with Crippen molar-refractivity contribution in [1.82, 2.24) is 46.6 Å². The van der Waals surface area contributed by atoms with Crippen LogP contribution >= 0.6 is 0 Å². The number of nitrogens with zero attached hydrogens (tertiary/aromatic N) is 3. The molecule has 8 aromatic carbocycles. The second-order valence-electron chi connectivity index (χ2n) is 31.0. The molecule has 35 nitrogen and oxygen atoms in total. The molecule has 0 radical (unpaired) electrons. The quantitative estimate of drug-likeness (QED) is 0.0149. The lowest BCUT2D eigenvalue weighted by atomic mass is 10.1. The Kier molecular flexibility index (Phi) is 46.6. The van der Waals surface area contributed by atoms with Crippen molar-refractivity contribution in [2.24, 2.45) is 5.73 Å². The van der Waals surface area contributed by atoms with E-state index in [0.717, 1.165) is 14.7 Å². The maximum atomic E-state index is 14.4. The van der Waals surface area contributed by atoms with E-state index in [1.165, 1.54) is 0 Å². The summed E-state index contributed by atoms with van der Waals surface area (Å²) in [4.78, 5) is 236. The topological polar surface area (TPSA) is 472 Å². The minimum Gasteiger partial charge on any atom is -0.461 e. The first-order valence-electron chi connectivity index (χ1n) is 44.2. The molecule has 0 aliphatic rings. The van der Waals surface area contributed by atoms with Crippen molar-refractivity contribution >= 4 is 101 Å². The SMILES string of the molecule is NCC(=O)N(CCC(=O)NCC(=O)N(CCC(=O)N[C@@H](CCC(=O)OCc1ccccc1)C(=O)OCc1ccccc1)CCC(=O)N[C@@H](CCC(=O)OCc1ccccc1)C(=O)OCc1ccccc1)CCC(=O)NCC(=O)N(CCC(=O)N[C@@H](CCC(=O)OCc1ccccc1)C(=O)OCc1ccccc1)CCC(=O)N[C@@H](CCC(=O)OCc1ccccc1)C(=O)OCc1ccccc1. The van der Waals surface area contributed by atoms with Crippen LogP contribution in [0.25, 0.3) is 0 Å². The summed E-state index contributed by atoms with van der Waals surface area (Å²) in [5, 5.41) is 15.3. The second kappa shape index (κ2) is 59.9. The van der Waals surface area contributed by atoms with Crippen LogP contribution in [-0.4, -0.2) is 199 Å². The van der Waals surface area contributed by atoms with Gasteiger partial charge in [0.1, 0.15) is 77.0 Å². The van der Waals surface area contributed by atoms with E-state index in [9.17, 15) is 81.5 Å². The van der Waals surface area contributed by atoms with E-state index >= 15 is 0 Å². The Morgan fingerprint density at radius 3 is 0.578 bits per heavy atom. The van der Waals surface area contributed by atoms with Gasteiger partial charge in [-0.15, -0.1) is 0 Å². The fraction of sp³-hybridized carbons (Fsp3) is 0.350. The van der Waals surface area contributed by atoms with E-state index in [1.54, 1.807) is 243 Å². The number of esters is 8. The maximum Gasteiger partial charge on any atom is 0.328 e. The van der Waals surface area contributed by atoms with Crippen LogP contribution in [0.5, 0.6) is 0 Å². The zero-order chi connectivity index (χ0) is 96.6. The zero-order valence-electron chi connectivity index (χ0n) is 74.9. The molecule has 8 rings (SSSR count). The van der Waals surface area contributed by atoms with Crippen LogP contribution in [0.15, 0.2) is 243 Å². The molecule has 8 aromatic rings. The molecule has 0 aromatic heterocycles. The fourth-order valence-corrected chi connectivity index (χ4v) is 13.0. The number of benzene rings is 8. The highest BCUT2D eigenvalue weighted by Gasteiger charge is 2.32. The van der Waals surface area contributed by atoms with Crippen LogP contribution in [0.4, 0.5) is 0 Å². The van der Waals surface area contributed by atoms with Crippen molar-refractivity contribution in [1.29, 1.82) is 0 Å². The van der Waals surface area contributed by atoms with Gasteiger partial charge in [0.15, 0.2) is 0 Å². The standard InChI is InChI=1S/C100H114N10O25/c101-61-90(117)108(55-49-84(111)102-62-91(118)109(57-51-86(113)104-80(97(124)132-68-76-33-17-5-18-34-76)41-45-93(120)128-64-72-25-9-1-10-26-72)58-52-87(114)105-81(98(125)133-69-77-35-19-6-20-36-77)42-46-94(121)129-65-73-27-11-2-12-28-73)56-50-85(112)103-63-92(119)110(59-53-88(115)106-82(99(126)134-70-78-37-21-7-22-38-78)43-47-95(122)130-66-74-29-13-3-14-30-74)60-54-89(116)107-83(100(127)135-71-79-39-23-8-24-40-79)44-48-96(123)131-67-75-31-15-4-16-32-75/h1-40,80-83H,41-71,101H2,(H,102,111)(H,103,112)(H,104,113)(H,105,114)(H,106,115)(H,107,116)/t80-,81-,82-,83-/m0/s1. The van der Waals surface area contributed by atoms with Crippen molar-refractivity contribution < 1.29 is 119 Å². The maximum absolute atomic E-state index is 14.4. The van der Waals surface area contributed by atoms with Gasteiger partial charge >= 0.3 is 47.8 Å². The van der Waals surface area contributed by atoms with Crippen molar-refractivity contribution in [2.75, 3.05) is 58.9 Å². The lowest BCUT2D eigenvalue weighted by Gasteiger charge is -2.25. The summed E-state index contributed by atoms with van der Waals surface area (Å²) in [6.07, 6.45) is -5.61. The molecule has 0 fully saturated rings. The van der Waals surface area contributed by atoms with Crippen molar-refractivity contribution in [3.8, 4) is 0 Å². The third-order valence-corrected chi connectivity index (χ3v) is 20.7. The first kappa shape index (κ1) is 105. The van der Waals surface area contributed by atoms with Gasteiger partial charge in [0, 0.05) is 103 Å². The summed E-state index contributed by atoms with van der Waals surface area (Å²) >= 11 is 0. The Bertz CT molecular complexity index is 4550. The highest BCUT2D eigenvalue weighted by Crippen LogP contribution is 2.17. The Morgan fingerprint density at radius 1 is 0.222 bits per heavy atom. The average Bonchev–Trinajstić information content (AvgIpc) is 0.889. The number of carbonyl (C=O) groups is 17. The molecule has 4 atom stereocenters. The van der Waals surface area contributed by atoms with E-state index in [-0.39, 0.29) is 104 Å². The van der Waals surface area contributed by atoms with Crippen LogP contribution in [0, 0.1) is 0 Å². The highest BCUT2D eigenvalue weighted by atomic mass is 16.6. The van der Waals surface area contributed by atoms with Crippen molar-refractivity contribution in [3.63, 3.8) is 0 Å². The molecular formula is C100H114N10O25. The Balaban J connectivity index is 0.920. The lowest BCUT2D eigenvalue weighted by Crippen LogP contribution is -2.47. The third kappa shape index (κ3) is 42.7. The minimum absolute atomic E-state index is 0.0688. The monoisotopic (exact) mass is 1850 g/mol. The van der Waals surface area contributed by atoms with Gasteiger partial charge in [-0.1, -0.05) is 243 Å². The molecule has 0 heterocycles. The predicted octanol–water partition coefficient (Wildman–Crippen LogP) is 7.01. The molecule has 8 N–H and O–H groups in total. The molecule has 0 bridgehead atoms. The minimum atomic E-state index is -1.41. The summed E-state index contributed by atoms with van der Waals surface area (Å²) in [5.74, 6) is -13.7.